The maximum atomic E-state index is 6.52. The normalized spacial score (nSPS) is 14.2. The topological polar surface area (TPSA) is 68.0 Å². The summed E-state index contributed by atoms with van der Waals surface area (Å²) in [6.45, 7) is 0. The quantitative estimate of drug-likeness (QED) is 0.182. The molecule has 0 bridgehead atoms. The fourth-order valence-electron chi connectivity index (χ4n) is 9.45. The van der Waals surface area contributed by atoms with Gasteiger partial charge in [-0.05, 0) is 101 Å². The summed E-state index contributed by atoms with van der Waals surface area (Å²) in [5.74, 6) is 1.40. The van der Waals surface area contributed by atoms with Crippen LogP contribution in [0.2, 0.25) is 0 Å². The molecule has 63 heavy (non-hydrogen) atoms. The number of rotatable bonds is 6. The van der Waals surface area contributed by atoms with E-state index in [1.807, 2.05) is 48.5 Å². The number of hydrogen-bond donors (Lipinski definition) is 1. The molecule has 1 unspecified atom stereocenters. The van der Waals surface area contributed by atoms with Crippen molar-refractivity contribution in [3.63, 3.8) is 0 Å². The molecule has 12 aromatic rings. The van der Waals surface area contributed by atoms with Gasteiger partial charge in [0.15, 0.2) is 5.84 Å². The van der Waals surface area contributed by atoms with Crippen LogP contribution in [0.4, 0.5) is 0 Å². The van der Waals surface area contributed by atoms with Crippen LogP contribution in [0, 0.1) is 0 Å². The summed E-state index contributed by atoms with van der Waals surface area (Å²) in [7, 11) is 0. The molecule has 1 atom stereocenters. The molecule has 0 aliphatic carbocycles. The largest absolute Gasteiger partial charge is 0.456 e. The average molecular weight is 809 g/mol. The molecule has 0 amide bonds. The summed E-state index contributed by atoms with van der Waals surface area (Å²) >= 11 is 0. The van der Waals surface area contributed by atoms with Crippen LogP contribution in [-0.2, 0) is 0 Å². The van der Waals surface area contributed by atoms with Gasteiger partial charge in [-0.15, -0.1) is 0 Å². The van der Waals surface area contributed by atoms with E-state index in [0.29, 0.717) is 5.84 Å². The Kier molecular flexibility index (Phi) is 7.87. The van der Waals surface area contributed by atoms with Crippen molar-refractivity contribution in [2.24, 2.45) is 9.98 Å². The highest BCUT2D eigenvalue weighted by molar-refractivity contribution is 6.18. The Labute approximate surface area is 361 Å². The Balaban J connectivity index is 0.958. The SMILES string of the molecule is c1ccc(-c2ccc3c(c2)c2cccc(-c4ccc5oc6ccc(C7=NC(c8ccc9oc%10ccccc%10c9c8)=NC(c8ccccc8)N7)cc6c5c4)c2n3-c2ccccc2)cc1. The molecule has 4 heterocycles. The number of nitrogens with zero attached hydrogens (tertiary/aromatic N) is 3. The van der Waals surface area contributed by atoms with E-state index in [1.54, 1.807) is 0 Å². The molecule has 296 valence electrons. The van der Waals surface area contributed by atoms with Crippen LogP contribution in [0.1, 0.15) is 22.9 Å². The molecule has 0 fully saturated rings. The first-order chi connectivity index (χ1) is 31.2. The zero-order chi connectivity index (χ0) is 41.4. The van der Waals surface area contributed by atoms with E-state index < -0.39 is 0 Å². The first kappa shape index (κ1) is 35.3. The van der Waals surface area contributed by atoms with Gasteiger partial charge in [0.25, 0.3) is 0 Å². The van der Waals surface area contributed by atoms with E-state index >= 15 is 0 Å². The Morgan fingerprint density at radius 1 is 0.413 bits per heavy atom. The Hall–Kier alpha value is -8.48. The van der Waals surface area contributed by atoms with E-state index in [9.17, 15) is 0 Å². The van der Waals surface area contributed by atoms with E-state index in [2.05, 4.69) is 168 Å². The van der Waals surface area contributed by atoms with Crippen LogP contribution < -0.4 is 5.32 Å². The lowest BCUT2D eigenvalue weighted by molar-refractivity contribution is 0.668. The molecule has 0 saturated carbocycles. The van der Waals surface area contributed by atoms with Crippen molar-refractivity contribution in [1.82, 2.24) is 9.88 Å². The average Bonchev–Trinajstić information content (AvgIpc) is 4.03. The van der Waals surface area contributed by atoms with Gasteiger partial charge in [0, 0.05) is 54.7 Å². The van der Waals surface area contributed by atoms with E-state index in [-0.39, 0.29) is 6.17 Å². The van der Waals surface area contributed by atoms with Gasteiger partial charge in [-0.3, -0.25) is 0 Å². The second-order valence-corrected chi connectivity index (χ2v) is 16.2. The van der Waals surface area contributed by atoms with Crippen LogP contribution in [0.15, 0.2) is 225 Å². The molecule has 3 aromatic heterocycles. The second kappa shape index (κ2) is 14.0. The number of benzene rings is 9. The van der Waals surface area contributed by atoms with Crippen molar-refractivity contribution in [1.29, 1.82) is 0 Å². The number of nitrogens with one attached hydrogen (secondary N) is 1. The van der Waals surface area contributed by atoms with E-state index in [4.69, 9.17) is 18.8 Å². The molecule has 1 aliphatic heterocycles. The highest BCUT2D eigenvalue weighted by Crippen LogP contribution is 2.42. The zero-order valence-electron chi connectivity index (χ0n) is 33.9. The summed E-state index contributed by atoms with van der Waals surface area (Å²) in [6.07, 6.45) is -0.338. The van der Waals surface area contributed by atoms with Gasteiger partial charge in [0.05, 0.1) is 11.0 Å². The third-order valence-electron chi connectivity index (χ3n) is 12.5. The highest BCUT2D eigenvalue weighted by Gasteiger charge is 2.23. The molecule has 1 N–H and O–H groups in total. The number of aliphatic imine (C=N–C) groups is 2. The third kappa shape index (κ3) is 5.80. The number of hydrogen-bond acceptors (Lipinski definition) is 5. The molecule has 9 aromatic carbocycles. The second-order valence-electron chi connectivity index (χ2n) is 16.2. The predicted molar refractivity (Wildman–Crippen MR) is 258 cm³/mol. The smallest absolute Gasteiger partial charge is 0.159 e. The number of aromatic nitrogens is 1. The molecular weight excluding hydrogens is 773 g/mol. The molecule has 6 heteroatoms. The minimum absolute atomic E-state index is 0.338. The lowest BCUT2D eigenvalue weighted by Gasteiger charge is -2.23. The number of amidine groups is 2. The Morgan fingerprint density at radius 3 is 1.76 bits per heavy atom. The monoisotopic (exact) mass is 808 g/mol. The van der Waals surface area contributed by atoms with Gasteiger partial charge in [0.1, 0.15) is 34.3 Å². The molecule has 0 spiro atoms. The maximum absolute atomic E-state index is 6.52. The van der Waals surface area contributed by atoms with Crippen molar-refractivity contribution >= 4 is 77.4 Å². The first-order valence-electron chi connectivity index (χ1n) is 21.2. The van der Waals surface area contributed by atoms with E-state index in [1.165, 1.54) is 27.4 Å². The van der Waals surface area contributed by atoms with Crippen LogP contribution in [0.25, 0.3) is 93.6 Å². The first-order valence-corrected chi connectivity index (χ1v) is 21.2. The van der Waals surface area contributed by atoms with Crippen LogP contribution in [0.5, 0.6) is 0 Å². The number of fused-ring (bicyclic) bond motifs is 9. The summed E-state index contributed by atoms with van der Waals surface area (Å²) in [5.41, 5.74) is 14.4. The molecule has 0 saturated heterocycles. The van der Waals surface area contributed by atoms with Crippen molar-refractivity contribution in [2.75, 3.05) is 0 Å². The minimum atomic E-state index is -0.338. The molecule has 0 radical (unpaired) electrons. The number of furan rings is 2. The van der Waals surface area contributed by atoms with Crippen molar-refractivity contribution in [3.8, 4) is 27.9 Å². The van der Waals surface area contributed by atoms with Crippen LogP contribution in [0.3, 0.4) is 0 Å². The summed E-state index contributed by atoms with van der Waals surface area (Å²) in [6, 6.07) is 72.3. The Bertz CT molecular complexity index is 3820. The number of para-hydroxylation sites is 3. The molecule has 6 nitrogen and oxygen atoms in total. The highest BCUT2D eigenvalue weighted by atomic mass is 16.3. The van der Waals surface area contributed by atoms with Gasteiger partial charge < -0.3 is 18.7 Å². The molecule has 13 rings (SSSR count). The third-order valence-corrected chi connectivity index (χ3v) is 12.5. The fraction of sp³-hybridized carbons (Fsp3) is 0.0175. The van der Waals surface area contributed by atoms with Crippen molar-refractivity contribution in [2.45, 2.75) is 6.17 Å². The standard InChI is InChI=1S/C57H36N4O2/c1-4-13-35(14-5-1)37-23-27-49-45(31-37)44-21-12-20-42(54(44)61(49)41-17-8-3-9-18-41)38-24-28-52-47(32-38)48-34-40(26-30-53(48)63-52)57-59-55(36-15-6-2-7-16-36)58-56(60-57)39-25-29-51-46(33-39)43-19-10-11-22-50(43)62-51/h1-34,55H,(H,58,59,60). The fourth-order valence-corrected chi connectivity index (χ4v) is 9.45. The van der Waals surface area contributed by atoms with Gasteiger partial charge in [0.2, 0.25) is 0 Å². The van der Waals surface area contributed by atoms with Crippen molar-refractivity contribution < 1.29 is 8.83 Å². The molecule has 1 aliphatic rings. The van der Waals surface area contributed by atoms with Gasteiger partial charge >= 0.3 is 0 Å². The minimum Gasteiger partial charge on any atom is -0.456 e. The lowest BCUT2D eigenvalue weighted by atomic mass is 9.98. The van der Waals surface area contributed by atoms with Crippen LogP contribution >= 0.6 is 0 Å². The van der Waals surface area contributed by atoms with Crippen molar-refractivity contribution in [3.05, 3.63) is 223 Å². The van der Waals surface area contributed by atoms with E-state index in [0.717, 1.165) is 88.7 Å². The Morgan fingerprint density at radius 2 is 0.984 bits per heavy atom. The van der Waals surface area contributed by atoms with Gasteiger partial charge in [-0.1, -0.05) is 127 Å². The predicted octanol–water partition coefficient (Wildman–Crippen LogP) is 14.4. The lowest BCUT2D eigenvalue weighted by Crippen LogP contribution is -2.33. The summed E-state index contributed by atoms with van der Waals surface area (Å²) < 4.78 is 15.1. The van der Waals surface area contributed by atoms with Crippen LogP contribution in [-0.4, -0.2) is 16.2 Å². The summed E-state index contributed by atoms with van der Waals surface area (Å²) in [4.78, 5) is 10.4. The van der Waals surface area contributed by atoms with Gasteiger partial charge in [-0.2, -0.15) is 0 Å². The van der Waals surface area contributed by atoms with Gasteiger partial charge in [-0.25, -0.2) is 9.98 Å². The zero-order valence-corrected chi connectivity index (χ0v) is 33.9. The summed E-state index contributed by atoms with van der Waals surface area (Å²) in [5, 5.41) is 10.3. The maximum Gasteiger partial charge on any atom is 0.159 e. The molecular formula is C57H36N4O2.